The minimum atomic E-state index is 0.883. The number of carbonyl (C=O) groups is 1. The highest BCUT2D eigenvalue weighted by Gasteiger charge is 1.92. The summed E-state index contributed by atoms with van der Waals surface area (Å²) in [4.78, 5) is 11.9. The van der Waals surface area contributed by atoms with Crippen molar-refractivity contribution in [2.24, 2.45) is 0 Å². The highest BCUT2D eigenvalue weighted by Crippen LogP contribution is 1.99. The second-order valence-electron chi connectivity index (χ2n) is 3.10. The van der Waals surface area contributed by atoms with E-state index in [4.69, 9.17) is 0 Å². The van der Waals surface area contributed by atoms with Crippen LogP contribution in [0, 0.1) is 0 Å². The fourth-order valence-electron chi connectivity index (χ4n) is 1.07. The van der Waals surface area contributed by atoms with Crippen LogP contribution in [0.3, 0.4) is 0 Å². The molecule has 1 amide bonds. The minimum absolute atomic E-state index is 0.883. The highest BCUT2D eigenvalue weighted by molar-refractivity contribution is 5.46. The van der Waals surface area contributed by atoms with E-state index >= 15 is 0 Å². The third-order valence-electron chi connectivity index (χ3n) is 1.87. The fraction of sp³-hybridized carbons (Fsp3) is 0.889. The molecule has 0 aromatic carbocycles. The van der Waals surface area contributed by atoms with E-state index < -0.39 is 0 Å². The Morgan fingerprint density at radius 3 is 2.50 bits per heavy atom. The first-order valence-electron chi connectivity index (χ1n) is 4.61. The van der Waals surface area contributed by atoms with Crippen molar-refractivity contribution in [3.05, 3.63) is 0 Å². The Morgan fingerprint density at radius 1 is 1.25 bits per heavy atom. The normalized spacial score (nSPS) is 9.83. The van der Waals surface area contributed by atoms with E-state index in [1.165, 1.54) is 19.3 Å². The van der Waals surface area contributed by atoms with E-state index in [2.05, 4.69) is 5.32 Å². The van der Waals surface area contributed by atoms with Crippen molar-refractivity contribution in [1.82, 2.24) is 10.2 Å². The molecule has 1 N–H and O–H groups in total. The molecule has 0 aromatic rings. The number of nitrogens with one attached hydrogen (secondary N) is 1. The topological polar surface area (TPSA) is 32.3 Å². The van der Waals surface area contributed by atoms with E-state index in [0.717, 1.165) is 25.9 Å². The lowest BCUT2D eigenvalue weighted by Crippen LogP contribution is -2.17. The standard InChI is InChI=1S/C9H20N2O/c1-10-7-5-3-4-6-8-11(2)9-12/h9-10H,3-8H2,1-2H3. The molecular formula is C9H20N2O. The van der Waals surface area contributed by atoms with Crippen LogP contribution in [0.1, 0.15) is 25.7 Å². The predicted molar refractivity (Wildman–Crippen MR) is 51.1 cm³/mol. The Hall–Kier alpha value is -0.570. The van der Waals surface area contributed by atoms with Gasteiger partial charge in [-0.2, -0.15) is 0 Å². The van der Waals surface area contributed by atoms with Crippen molar-refractivity contribution < 1.29 is 4.79 Å². The van der Waals surface area contributed by atoms with Crippen LogP contribution in [-0.2, 0) is 4.79 Å². The molecule has 0 spiro atoms. The molecule has 0 fully saturated rings. The number of amides is 1. The van der Waals surface area contributed by atoms with Gasteiger partial charge in [-0.3, -0.25) is 4.79 Å². The number of unbranched alkanes of at least 4 members (excludes halogenated alkanes) is 3. The molecule has 72 valence electrons. The smallest absolute Gasteiger partial charge is 0.209 e. The van der Waals surface area contributed by atoms with E-state index in [0.29, 0.717) is 0 Å². The monoisotopic (exact) mass is 172 g/mol. The molecule has 3 heteroatoms. The van der Waals surface area contributed by atoms with Gasteiger partial charge in [0.25, 0.3) is 0 Å². The first kappa shape index (κ1) is 11.4. The van der Waals surface area contributed by atoms with Gasteiger partial charge in [0.2, 0.25) is 6.41 Å². The second kappa shape index (κ2) is 8.53. The lowest BCUT2D eigenvalue weighted by molar-refractivity contribution is -0.117. The SMILES string of the molecule is CNCCCCCCN(C)C=O. The summed E-state index contributed by atoms with van der Waals surface area (Å²) in [5.74, 6) is 0. The average Bonchev–Trinajstić information content (AvgIpc) is 2.10. The maximum absolute atomic E-state index is 10.2. The summed E-state index contributed by atoms with van der Waals surface area (Å²) in [6, 6.07) is 0. The van der Waals surface area contributed by atoms with Crippen LogP contribution < -0.4 is 5.32 Å². The van der Waals surface area contributed by atoms with E-state index in [1.54, 1.807) is 4.90 Å². The van der Waals surface area contributed by atoms with Crippen LogP contribution in [-0.4, -0.2) is 38.5 Å². The van der Waals surface area contributed by atoms with Crippen LogP contribution in [0.25, 0.3) is 0 Å². The number of nitrogens with zero attached hydrogens (tertiary/aromatic N) is 1. The van der Waals surface area contributed by atoms with Crippen molar-refractivity contribution in [2.45, 2.75) is 25.7 Å². The Morgan fingerprint density at radius 2 is 1.92 bits per heavy atom. The Balaban J connectivity index is 2.95. The van der Waals surface area contributed by atoms with Crippen LogP contribution in [0.4, 0.5) is 0 Å². The van der Waals surface area contributed by atoms with Crippen LogP contribution >= 0.6 is 0 Å². The number of carbonyl (C=O) groups excluding carboxylic acids is 1. The van der Waals surface area contributed by atoms with Gasteiger partial charge in [0.15, 0.2) is 0 Å². The zero-order chi connectivity index (χ0) is 9.23. The molecule has 0 aliphatic heterocycles. The molecule has 0 rings (SSSR count). The third-order valence-corrected chi connectivity index (χ3v) is 1.87. The zero-order valence-electron chi connectivity index (χ0n) is 8.18. The van der Waals surface area contributed by atoms with Crippen molar-refractivity contribution >= 4 is 6.41 Å². The van der Waals surface area contributed by atoms with Crippen LogP contribution in [0.5, 0.6) is 0 Å². The molecule has 0 aliphatic rings. The number of rotatable bonds is 8. The van der Waals surface area contributed by atoms with Gasteiger partial charge in [0, 0.05) is 13.6 Å². The minimum Gasteiger partial charge on any atom is -0.348 e. The summed E-state index contributed by atoms with van der Waals surface area (Å²) in [6.45, 7) is 1.99. The molecule has 0 unspecified atom stereocenters. The van der Waals surface area contributed by atoms with Gasteiger partial charge in [0.1, 0.15) is 0 Å². The lowest BCUT2D eigenvalue weighted by atomic mass is 10.2. The average molecular weight is 172 g/mol. The molecule has 12 heavy (non-hydrogen) atoms. The Labute approximate surface area is 75.1 Å². The molecular weight excluding hydrogens is 152 g/mol. The van der Waals surface area contributed by atoms with Gasteiger partial charge in [-0.05, 0) is 26.4 Å². The van der Waals surface area contributed by atoms with Gasteiger partial charge in [0.05, 0.1) is 0 Å². The zero-order valence-corrected chi connectivity index (χ0v) is 8.18. The quantitative estimate of drug-likeness (QED) is 0.435. The van der Waals surface area contributed by atoms with Gasteiger partial charge >= 0.3 is 0 Å². The predicted octanol–water partition coefficient (Wildman–Crippen LogP) is 0.854. The Bertz CT molecular complexity index is 107. The van der Waals surface area contributed by atoms with Crippen molar-refractivity contribution in [3.63, 3.8) is 0 Å². The number of hydrogen-bond donors (Lipinski definition) is 1. The summed E-state index contributed by atoms with van der Waals surface area (Å²) >= 11 is 0. The molecule has 3 nitrogen and oxygen atoms in total. The van der Waals surface area contributed by atoms with Gasteiger partial charge in [-0.1, -0.05) is 12.8 Å². The summed E-state index contributed by atoms with van der Waals surface area (Å²) in [5.41, 5.74) is 0. The molecule has 0 atom stereocenters. The van der Waals surface area contributed by atoms with Gasteiger partial charge in [-0.15, -0.1) is 0 Å². The number of hydrogen-bond acceptors (Lipinski definition) is 2. The maximum Gasteiger partial charge on any atom is 0.209 e. The first-order chi connectivity index (χ1) is 5.81. The van der Waals surface area contributed by atoms with Crippen LogP contribution in [0.15, 0.2) is 0 Å². The summed E-state index contributed by atoms with van der Waals surface area (Å²) in [6.07, 6.45) is 5.72. The largest absolute Gasteiger partial charge is 0.348 e. The van der Waals surface area contributed by atoms with E-state index in [1.807, 2.05) is 14.1 Å². The first-order valence-corrected chi connectivity index (χ1v) is 4.61. The Kier molecular flexibility index (Phi) is 8.12. The van der Waals surface area contributed by atoms with E-state index in [-0.39, 0.29) is 0 Å². The second-order valence-corrected chi connectivity index (χ2v) is 3.10. The van der Waals surface area contributed by atoms with Gasteiger partial charge in [-0.25, -0.2) is 0 Å². The molecule has 0 radical (unpaired) electrons. The van der Waals surface area contributed by atoms with Crippen molar-refractivity contribution in [1.29, 1.82) is 0 Å². The van der Waals surface area contributed by atoms with Crippen LogP contribution in [0.2, 0.25) is 0 Å². The molecule has 0 heterocycles. The summed E-state index contributed by atoms with van der Waals surface area (Å²) in [5, 5.41) is 3.11. The van der Waals surface area contributed by atoms with Crippen molar-refractivity contribution in [3.8, 4) is 0 Å². The molecule has 0 saturated heterocycles. The molecule has 0 aliphatic carbocycles. The summed E-state index contributed by atoms with van der Waals surface area (Å²) < 4.78 is 0. The third kappa shape index (κ3) is 7.54. The maximum atomic E-state index is 10.2. The molecule has 0 saturated carbocycles. The van der Waals surface area contributed by atoms with Gasteiger partial charge < -0.3 is 10.2 Å². The summed E-state index contributed by atoms with van der Waals surface area (Å²) in [7, 11) is 3.79. The molecule has 0 aromatic heterocycles. The molecule has 0 bridgehead atoms. The van der Waals surface area contributed by atoms with Crippen molar-refractivity contribution in [2.75, 3.05) is 27.2 Å². The lowest BCUT2D eigenvalue weighted by Gasteiger charge is -2.09. The highest BCUT2D eigenvalue weighted by atomic mass is 16.1. The van der Waals surface area contributed by atoms with E-state index in [9.17, 15) is 4.79 Å². The fourth-order valence-corrected chi connectivity index (χ4v) is 1.07.